The van der Waals surface area contributed by atoms with E-state index >= 15 is 0 Å². The first-order valence-corrected chi connectivity index (χ1v) is 13.2. The third-order valence-corrected chi connectivity index (χ3v) is 6.17. The van der Waals surface area contributed by atoms with Crippen molar-refractivity contribution in [2.75, 3.05) is 11.9 Å². The molecule has 8 nitrogen and oxygen atoms in total. The molecule has 0 heterocycles. The number of anilines is 1. The molecule has 3 aromatic carbocycles. The standard InChI is InChI=1S/C30H33F3N4O4/c1-21(23-14-6-3-7-15-23)35-27(38)26(37-29(40)41-20-22-12-4-2-5-13-22)18-10-11-19-34-28(39)36-25-17-9-8-16-24(25)30(31,32)33/h2-9,12-17,21,26H,10-11,18-20H2,1H3,(H,35,38)(H,37,40)(H2,34,36,39). The molecule has 0 aliphatic rings. The lowest BCUT2D eigenvalue weighted by Crippen LogP contribution is -2.47. The second-order valence-corrected chi connectivity index (χ2v) is 9.32. The number of halogens is 3. The van der Waals surface area contributed by atoms with Crippen LogP contribution in [0.25, 0.3) is 0 Å². The van der Waals surface area contributed by atoms with Gasteiger partial charge in [-0.3, -0.25) is 4.79 Å². The molecule has 3 aromatic rings. The second-order valence-electron chi connectivity index (χ2n) is 9.32. The van der Waals surface area contributed by atoms with Crippen molar-refractivity contribution in [2.45, 2.75) is 51.1 Å². The predicted octanol–water partition coefficient (Wildman–Crippen LogP) is 6.17. The number of amides is 4. The zero-order chi connectivity index (χ0) is 29.7. The molecule has 11 heteroatoms. The number of rotatable bonds is 12. The number of ether oxygens (including phenoxy) is 1. The number of para-hydroxylation sites is 1. The van der Waals surface area contributed by atoms with Gasteiger partial charge in [-0.2, -0.15) is 13.2 Å². The molecule has 3 rings (SSSR count). The maximum absolute atomic E-state index is 13.1. The highest BCUT2D eigenvalue weighted by Gasteiger charge is 2.33. The largest absolute Gasteiger partial charge is 0.445 e. The van der Waals surface area contributed by atoms with Crippen LogP contribution < -0.4 is 21.3 Å². The van der Waals surface area contributed by atoms with E-state index in [0.717, 1.165) is 17.2 Å². The van der Waals surface area contributed by atoms with Gasteiger partial charge in [-0.1, -0.05) is 72.8 Å². The fourth-order valence-corrected chi connectivity index (χ4v) is 4.00. The summed E-state index contributed by atoms with van der Waals surface area (Å²) in [4.78, 5) is 37.7. The van der Waals surface area contributed by atoms with Crippen LogP contribution in [0.4, 0.5) is 28.4 Å². The van der Waals surface area contributed by atoms with Crippen molar-refractivity contribution >= 4 is 23.7 Å². The number of carbonyl (C=O) groups is 3. The van der Waals surface area contributed by atoms with Crippen molar-refractivity contribution < 1.29 is 32.3 Å². The van der Waals surface area contributed by atoms with Gasteiger partial charge in [0.15, 0.2) is 0 Å². The minimum atomic E-state index is -4.60. The van der Waals surface area contributed by atoms with Crippen molar-refractivity contribution in [1.82, 2.24) is 16.0 Å². The number of urea groups is 1. The van der Waals surface area contributed by atoms with Crippen LogP contribution in [0.1, 0.15) is 48.9 Å². The van der Waals surface area contributed by atoms with Gasteiger partial charge in [0.2, 0.25) is 5.91 Å². The molecule has 0 aromatic heterocycles. The Labute approximate surface area is 236 Å². The van der Waals surface area contributed by atoms with Crippen LogP contribution in [0, 0.1) is 0 Å². The van der Waals surface area contributed by atoms with Gasteiger partial charge < -0.3 is 26.0 Å². The van der Waals surface area contributed by atoms with Crippen LogP contribution in [-0.2, 0) is 22.3 Å². The Morgan fingerprint density at radius 2 is 1.46 bits per heavy atom. The van der Waals surface area contributed by atoms with Gasteiger partial charge >= 0.3 is 18.3 Å². The van der Waals surface area contributed by atoms with Crippen LogP contribution in [-0.4, -0.2) is 30.6 Å². The van der Waals surface area contributed by atoms with Gasteiger partial charge in [0.05, 0.1) is 17.3 Å². The number of hydrogen-bond donors (Lipinski definition) is 4. The Hall–Kier alpha value is -4.54. The number of unbranched alkanes of at least 4 members (excludes halogenated alkanes) is 1. The van der Waals surface area contributed by atoms with Crippen LogP contribution in [0.2, 0.25) is 0 Å². The lowest BCUT2D eigenvalue weighted by atomic mass is 10.1. The smallest absolute Gasteiger partial charge is 0.418 e. The van der Waals surface area contributed by atoms with E-state index in [2.05, 4.69) is 21.3 Å². The van der Waals surface area contributed by atoms with Gasteiger partial charge in [-0.25, -0.2) is 9.59 Å². The first kappa shape index (κ1) is 31.0. The molecule has 41 heavy (non-hydrogen) atoms. The molecule has 2 atom stereocenters. The fraction of sp³-hybridized carbons (Fsp3) is 0.300. The van der Waals surface area contributed by atoms with Crippen LogP contribution in [0.15, 0.2) is 84.9 Å². The van der Waals surface area contributed by atoms with Crippen LogP contribution >= 0.6 is 0 Å². The summed E-state index contributed by atoms with van der Waals surface area (Å²) < 4.78 is 44.7. The molecule has 0 saturated heterocycles. The average molecular weight is 571 g/mol. The minimum Gasteiger partial charge on any atom is -0.445 e. The molecule has 2 unspecified atom stereocenters. The molecule has 0 bridgehead atoms. The predicted molar refractivity (Wildman–Crippen MR) is 149 cm³/mol. The van der Waals surface area contributed by atoms with E-state index < -0.39 is 35.8 Å². The Morgan fingerprint density at radius 3 is 2.15 bits per heavy atom. The van der Waals surface area contributed by atoms with Crippen molar-refractivity contribution in [3.8, 4) is 0 Å². The lowest BCUT2D eigenvalue weighted by molar-refractivity contribution is -0.137. The highest BCUT2D eigenvalue weighted by molar-refractivity contribution is 5.90. The molecule has 0 fully saturated rings. The Balaban J connectivity index is 1.51. The maximum atomic E-state index is 13.1. The molecule has 0 saturated carbocycles. The summed E-state index contributed by atoms with van der Waals surface area (Å²) in [6.45, 7) is 2.02. The summed E-state index contributed by atoms with van der Waals surface area (Å²) in [5.74, 6) is -0.396. The van der Waals surface area contributed by atoms with Gasteiger partial charge in [-0.05, 0) is 49.4 Å². The van der Waals surface area contributed by atoms with E-state index in [0.29, 0.717) is 12.8 Å². The number of nitrogens with one attached hydrogen (secondary N) is 4. The van der Waals surface area contributed by atoms with E-state index in [1.54, 1.807) is 0 Å². The molecular weight excluding hydrogens is 537 g/mol. The first-order chi connectivity index (χ1) is 19.6. The number of alkyl halides is 3. The quantitative estimate of drug-likeness (QED) is 0.195. The monoisotopic (exact) mass is 570 g/mol. The Morgan fingerprint density at radius 1 is 0.829 bits per heavy atom. The SMILES string of the molecule is CC(NC(=O)C(CCCCNC(=O)Nc1ccccc1C(F)(F)F)NC(=O)OCc1ccccc1)c1ccccc1. The number of alkyl carbamates (subject to hydrolysis) is 1. The zero-order valence-corrected chi connectivity index (χ0v) is 22.5. The summed E-state index contributed by atoms with van der Waals surface area (Å²) in [5.41, 5.74) is 0.399. The molecular formula is C30H33F3N4O4. The van der Waals surface area contributed by atoms with Gasteiger partial charge in [0.25, 0.3) is 0 Å². The fourth-order valence-electron chi connectivity index (χ4n) is 4.00. The van der Waals surface area contributed by atoms with Crippen molar-refractivity contribution in [2.24, 2.45) is 0 Å². The van der Waals surface area contributed by atoms with Gasteiger partial charge in [-0.15, -0.1) is 0 Å². The normalized spacial score (nSPS) is 12.5. The third-order valence-electron chi connectivity index (χ3n) is 6.17. The molecule has 0 aliphatic carbocycles. The van der Waals surface area contributed by atoms with Crippen LogP contribution in [0.3, 0.4) is 0 Å². The van der Waals surface area contributed by atoms with Gasteiger partial charge in [0, 0.05) is 6.54 Å². The lowest BCUT2D eigenvalue weighted by Gasteiger charge is -2.21. The maximum Gasteiger partial charge on any atom is 0.418 e. The average Bonchev–Trinajstić information content (AvgIpc) is 2.96. The molecule has 218 valence electrons. The summed E-state index contributed by atoms with van der Waals surface area (Å²) >= 11 is 0. The highest BCUT2D eigenvalue weighted by atomic mass is 19.4. The van der Waals surface area contributed by atoms with Crippen molar-refractivity contribution in [3.63, 3.8) is 0 Å². The minimum absolute atomic E-state index is 0.0396. The Bertz CT molecular complexity index is 1270. The molecule has 0 aliphatic heterocycles. The summed E-state index contributed by atoms with van der Waals surface area (Å²) in [5, 5.41) is 10.2. The van der Waals surface area contributed by atoms with Gasteiger partial charge in [0.1, 0.15) is 12.6 Å². The zero-order valence-electron chi connectivity index (χ0n) is 22.5. The number of hydrogen-bond acceptors (Lipinski definition) is 4. The number of carbonyl (C=O) groups excluding carboxylic acids is 3. The first-order valence-electron chi connectivity index (χ1n) is 13.2. The second kappa shape index (κ2) is 15.3. The Kier molecular flexibility index (Phi) is 11.6. The molecule has 4 amide bonds. The highest BCUT2D eigenvalue weighted by Crippen LogP contribution is 2.34. The third kappa shape index (κ3) is 10.5. The van der Waals surface area contributed by atoms with E-state index in [1.807, 2.05) is 67.6 Å². The number of benzene rings is 3. The van der Waals surface area contributed by atoms with Crippen molar-refractivity contribution in [1.29, 1.82) is 0 Å². The van der Waals surface area contributed by atoms with Crippen LogP contribution in [0.5, 0.6) is 0 Å². The summed E-state index contributed by atoms with van der Waals surface area (Å²) in [7, 11) is 0. The summed E-state index contributed by atoms with van der Waals surface area (Å²) in [6, 6.07) is 21.2. The topological polar surface area (TPSA) is 109 Å². The van der Waals surface area contributed by atoms with E-state index in [-0.39, 0.29) is 31.3 Å². The van der Waals surface area contributed by atoms with E-state index in [4.69, 9.17) is 4.74 Å². The molecule has 0 radical (unpaired) electrons. The summed E-state index contributed by atoms with van der Waals surface area (Å²) in [6.07, 6.45) is -4.27. The molecule has 0 spiro atoms. The van der Waals surface area contributed by atoms with Crippen molar-refractivity contribution in [3.05, 3.63) is 102 Å². The van der Waals surface area contributed by atoms with E-state index in [1.165, 1.54) is 18.2 Å². The molecule has 4 N–H and O–H groups in total. The van der Waals surface area contributed by atoms with E-state index in [9.17, 15) is 27.6 Å².